The molecule has 30 heavy (non-hydrogen) atoms. The van der Waals surface area contributed by atoms with Crippen molar-refractivity contribution >= 4 is 27.1 Å². The average molecular weight is 432 g/mol. The number of carbonyl (C=O) groups excluding carboxylic acids is 1. The Morgan fingerprint density at radius 2 is 1.90 bits per heavy atom. The molecule has 0 saturated heterocycles. The number of nitro benzene ring substituents is 1. The Kier molecular flexibility index (Phi) is 7.71. The summed E-state index contributed by atoms with van der Waals surface area (Å²) in [6.07, 6.45) is 1.26. The number of sulfone groups is 1. The molecule has 2 aromatic rings. The topological polar surface area (TPSA) is 151 Å². The van der Waals surface area contributed by atoms with Gasteiger partial charge in [-0.1, -0.05) is 12.1 Å². The summed E-state index contributed by atoms with van der Waals surface area (Å²) in [4.78, 5) is 22.2. The van der Waals surface area contributed by atoms with Crippen molar-refractivity contribution in [3.8, 4) is 11.8 Å². The number of nitriles is 1. The van der Waals surface area contributed by atoms with Gasteiger partial charge >= 0.3 is 0 Å². The number of anilines is 1. The molecule has 158 valence electrons. The molecule has 2 aromatic carbocycles. The van der Waals surface area contributed by atoms with Gasteiger partial charge in [-0.05, 0) is 29.8 Å². The van der Waals surface area contributed by atoms with Gasteiger partial charge in [-0.15, -0.1) is 0 Å². The normalized spacial score (nSPS) is 10.7. The second-order valence-corrected chi connectivity index (χ2v) is 8.27. The molecule has 2 rings (SSSR count). The number of benzene rings is 2. The molecule has 2 N–H and O–H groups in total. The molecule has 0 unspecified atom stereocenters. The van der Waals surface area contributed by atoms with Crippen molar-refractivity contribution in [2.24, 2.45) is 0 Å². The number of nitrogens with zero attached hydrogens (tertiary/aromatic N) is 2. The Balaban J connectivity index is 1.81. The lowest BCUT2D eigenvalue weighted by molar-refractivity contribution is -0.384. The fraction of sp³-hybridized carbons (Fsp3) is 0.263. The highest BCUT2D eigenvalue weighted by atomic mass is 32.2. The molecule has 0 heterocycles. The zero-order chi connectivity index (χ0) is 22.1. The lowest BCUT2D eigenvalue weighted by Gasteiger charge is -2.10. The number of rotatable bonds is 10. The number of nitro groups is 1. The number of nitrogens with one attached hydrogen (secondary N) is 2. The van der Waals surface area contributed by atoms with E-state index in [0.717, 1.165) is 17.9 Å². The second kappa shape index (κ2) is 10.2. The minimum atomic E-state index is -3.56. The highest BCUT2D eigenvalue weighted by molar-refractivity contribution is 7.90. The molecule has 0 atom stereocenters. The van der Waals surface area contributed by atoms with Gasteiger partial charge in [0.1, 0.15) is 11.4 Å². The lowest BCUT2D eigenvalue weighted by atomic mass is 10.2. The molecule has 0 bridgehead atoms. The molecule has 0 spiro atoms. The van der Waals surface area contributed by atoms with Crippen LogP contribution >= 0.6 is 0 Å². The molecule has 0 aliphatic heterocycles. The van der Waals surface area contributed by atoms with Crippen LogP contribution in [-0.4, -0.2) is 45.2 Å². The summed E-state index contributed by atoms with van der Waals surface area (Å²) in [5, 5.41) is 25.2. The summed E-state index contributed by atoms with van der Waals surface area (Å²) in [5.74, 6) is 0.117. The van der Waals surface area contributed by atoms with Crippen LogP contribution in [-0.2, 0) is 21.1 Å². The van der Waals surface area contributed by atoms with Crippen molar-refractivity contribution in [2.45, 2.75) is 11.3 Å². The molecule has 0 aliphatic carbocycles. The van der Waals surface area contributed by atoms with E-state index in [1.54, 1.807) is 24.3 Å². The van der Waals surface area contributed by atoms with Crippen LogP contribution in [0.1, 0.15) is 5.56 Å². The van der Waals surface area contributed by atoms with Gasteiger partial charge < -0.3 is 15.4 Å². The zero-order valence-corrected chi connectivity index (χ0v) is 16.9. The van der Waals surface area contributed by atoms with E-state index in [-0.39, 0.29) is 41.9 Å². The molecule has 10 nitrogen and oxygen atoms in total. The van der Waals surface area contributed by atoms with Crippen molar-refractivity contribution in [1.82, 2.24) is 5.32 Å². The van der Waals surface area contributed by atoms with E-state index in [9.17, 15) is 23.3 Å². The van der Waals surface area contributed by atoms with Gasteiger partial charge in [-0.25, -0.2) is 8.42 Å². The minimum Gasteiger partial charge on any atom is -0.484 e. The first-order chi connectivity index (χ1) is 14.2. The van der Waals surface area contributed by atoms with Crippen LogP contribution in [0.4, 0.5) is 11.4 Å². The van der Waals surface area contributed by atoms with Crippen LogP contribution in [0.2, 0.25) is 0 Å². The van der Waals surface area contributed by atoms with Crippen molar-refractivity contribution in [2.75, 3.05) is 31.3 Å². The number of hydrogen-bond acceptors (Lipinski definition) is 8. The molecule has 0 saturated carbocycles. The first kappa shape index (κ1) is 22.6. The fourth-order valence-corrected chi connectivity index (χ4v) is 3.08. The summed E-state index contributed by atoms with van der Waals surface area (Å²) in [7, 11) is -3.56. The standard InChI is InChI=1S/C19H20N4O6S/c1-30(27,28)16-6-7-17(18(12-16)23(25)26)21-10-11-22-19(24)13-29-15-4-2-14(3-5-15)8-9-20/h2-7,12,21H,8,10-11,13H2,1H3,(H,22,24). The van der Waals surface area contributed by atoms with Crippen LogP contribution < -0.4 is 15.4 Å². The predicted octanol–water partition coefficient (Wildman–Crippen LogP) is 1.67. The van der Waals surface area contributed by atoms with E-state index in [2.05, 4.69) is 10.6 Å². The van der Waals surface area contributed by atoms with E-state index in [1.807, 2.05) is 6.07 Å². The maximum Gasteiger partial charge on any atom is 0.293 e. The summed E-state index contributed by atoms with van der Waals surface area (Å²) in [5.41, 5.74) is 0.627. The van der Waals surface area contributed by atoms with Crippen molar-refractivity contribution in [3.05, 3.63) is 58.1 Å². The van der Waals surface area contributed by atoms with Gasteiger partial charge in [0.2, 0.25) is 0 Å². The van der Waals surface area contributed by atoms with E-state index in [4.69, 9.17) is 10.00 Å². The molecule has 11 heteroatoms. The Bertz CT molecular complexity index is 1060. The third-order valence-electron chi connectivity index (χ3n) is 3.93. The van der Waals surface area contributed by atoms with Crippen LogP contribution in [0.15, 0.2) is 47.4 Å². The monoisotopic (exact) mass is 432 g/mol. The molecular formula is C19H20N4O6S. The summed E-state index contributed by atoms with van der Waals surface area (Å²) in [6.45, 7) is 0.155. The molecular weight excluding hydrogens is 412 g/mol. The Hall–Kier alpha value is -3.65. The zero-order valence-electron chi connectivity index (χ0n) is 16.1. The molecule has 1 amide bonds. The van der Waals surface area contributed by atoms with E-state index in [0.29, 0.717) is 12.2 Å². The van der Waals surface area contributed by atoms with E-state index < -0.39 is 14.8 Å². The third kappa shape index (κ3) is 6.75. The number of ether oxygens (including phenoxy) is 1. The SMILES string of the molecule is CS(=O)(=O)c1ccc(NCCNC(=O)COc2ccc(CC#N)cc2)c([N+](=O)[O-])c1. The molecule has 0 aromatic heterocycles. The van der Waals surface area contributed by atoms with Crippen LogP contribution in [0, 0.1) is 21.4 Å². The molecule has 0 aliphatic rings. The first-order valence-corrected chi connectivity index (χ1v) is 10.7. The summed E-state index contributed by atoms with van der Waals surface area (Å²) in [6, 6.07) is 12.4. The van der Waals surface area contributed by atoms with Crippen molar-refractivity contribution in [3.63, 3.8) is 0 Å². The summed E-state index contributed by atoms with van der Waals surface area (Å²) >= 11 is 0. The first-order valence-electron chi connectivity index (χ1n) is 8.78. The number of carbonyl (C=O) groups is 1. The third-order valence-corrected chi connectivity index (χ3v) is 5.04. The Labute approximate surface area is 173 Å². The maximum atomic E-state index is 11.8. The van der Waals surface area contributed by atoms with E-state index in [1.165, 1.54) is 12.1 Å². The van der Waals surface area contributed by atoms with E-state index >= 15 is 0 Å². The fourth-order valence-electron chi connectivity index (χ4n) is 2.44. The predicted molar refractivity (Wildman–Crippen MR) is 109 cm³/mol. The molecule has 0 fully saturated rings. The smallest absolute Gasteiger partial charge is 0.293 e. The largest absolute Gasteiger partial charge is 0.484 e. The van der Waals surface area contributed by atoms with Gasteiger partial charge in [-0.2, -0.15) is 5.26 Å². The second-order valence-electron chi connectivity index (χ2n) is 6.25. The number of amides is 1. The Morgan fingerprint density at radius 3 is 2.50 bits per heavy atom. The highest BCUT2D eigenvalue weighted by Gasteiger charge is 2.18. The van der Waals surface area contributed by atoms with Crippen molar-refractivity contribution in [1.29, 1.82) is 5.26 Å². The van der Waals surface area contributed by atoms with Crippen LogP contribution in [0.25, 0.3) is 0 Å². The van der Waals surface area contributed by atoms with Gasteiger partial charge in [-0.3, -0.25) is 14.9 Å². The van der Waals surface area contributed by atoms with Gasteiger partial charge in [0.05, 0.1) is 22.3 Å². The maximum absolute atomic E-state index is 11.8. The quantitative estimate of drug-likeness (QED) is 0.327. The van der Waals surface area contributed by atoms with Gasteiger partial charge in [0.15, 0.2) is 16.4 Å². The van der Waals surface area contributed by atoms with Crippen LogP contribution in [0.3, 0.4) is 0 Å². The van der Waals surface area contributed by atoms with Crippen LogP contribution in [0.5, 0.6) is 5.75 Å². The Morgan fingerprint density at radius 1 is 1.20 bits per heavy atom. The minimum absolute atomic E-state index is 0.147. The highest BCUT2D eigenvalue weighted by Crippen LogP contribution is 2.27. The lowest BCUT2D eigenvalue weighted by Crippen LogP contribution is -2.32. The van der Waals surface area contributed by atoms with Gasteiger partial charge in [0.25, 0.3) is 11.6 Å². The summed E-state index contributed by atoms with van der Waals surface area (Å²) < 4.78 is 28.4. The average Bonchev–Trinajstić information content (AvgIpc) is 2.70. The number of hydrogen-bond donors (Lipinski definition) is 2. The van der Waals surface area contributed by atoms with Crippen molar-refractivity contribution < 1.29 is 22.9 Å². The molecule has 0 radical (unpaired) electrons. The van der Waals surface area contributed by atoms with Gasteiger partial charge in [0, 0.05) is 25.4 Å².